The van der Waals surface area contributed by atoms with Gasteiger partial charge in [-0.3, -0.25) is 4.79 Å². The van der Waals surface area contributed by atoms with Crippen LogP contribution in [0, 0.1) is 11.3 Å². The Kier molecular flexibility index (Phi) is 3.02. The van der Waals surface area contributed by atoms with Crippen LogP contribution >= 0.6 is 0 Å². The predicted octanol–water partition coefficient (Wildman–Crippen LogP) is 1.30. The van der Waals surface area contributed by atoms with Gasteiger partial charge in [-0.1, -0.05) is 6.07 Å². The third kappa shape index (κ3) is 2.05. The highest BCUT2D eigenvalue weighted by Gasteiger charge is 2.45. The molecule has 92 valence electrons. The maximum Gasteiger partial charge on any atom is 0.329 e. The van der Waals surface area contributed by atoms with Gasteiger partial charge in [0.05, 0.1) is 11.6 Å². The molecule has 0 radical (unpaired) electrons. The molecular weight excluding hydrogens is 232 g/mol. The van der Waals surface area contributed by atoms with E-state index in [1.165, 1.54) is 6.07 Å². The SMILES string of the molecule is N#Cc1cccc(C(=O)NC2(C(=O)O)CCC2)c1. The maximum absolute atomic E-state index is 11.9. The van der Waals surface area contributed by atoms with E-state index in [-0.39, 0.29) is 0 Å². The van der Waals surface area contributed by atoms with Crippen molar-refractivity contribution in [2.75, 3.05) is 0 Å². The van der Waals surface area contributed by atoms with E-state index in [9.17, 15) is 9.59 Å². The fourth-order valence-corrected chi connectivity index (χ4v) is 1.94. The van der Waals surface area contributed by atoms with Crippen LogP contribution in [0.1, 0.15) is 35.2 Å². The minimum Gasteiger partial charge on any atom is -0.480 e. The van der Waals surface area contributed by atoms with E-state index in [1.807, 2.05) is 6.07 Å². The number of nitrogens with one attached hydrogen (secondary N) is 1. The molecule has 1 aliphatic carbocycles. The average Bonchev–Trinajstić information content (AvgIpc) is 2.33. The van der Waals surface area contributed by atoms with Gasteiger partial charge in [0, 0.05) is 5.56 Å². The largest absolute Gasteiger partial charge is 0.480 e. The Bertz CT molecular complexity index is 541. The van der Waals surface area contributed by atoms with Crippen LogP contribution < -0.4 is 5.32 Å². The molecule has 0 aliphatic heterocycles. The van der Waals surface area contributed by atoms with Crippen molar-refractivity contribution >= 4 is 11.9 Å². The Balaban J connectivity index is 2.17. The van der Waals surface area contributed by atoms with Gasteiger partial charge >= 0.3 is 5.97 Å². The number of nitrogens with zero attached hydrogens (tertiary/aromatic N) is 1. The molecule has 1 aromatic rings. The number of aliphatic carboxylic acids is 1. The molecule has 2 N–H and O–H groups in total. The number of hydrogen-bond acceptors (Lipinski definition) is 3. The second-order valence-corrected chi connectivity index (χ2v) is 4.39. The van der Waals surface area contributed by atoms with Crippen LogP contribution in [-0.2, 0) is 4.79 Å². The number of nitriles is 1. The van der Waals surface area contributed by atoms with Gasteiger partial charge in [0.15, 0.2) is 0 Å². The van der Waals surface area contributed by atoms with Crippen LogP contribution in [0.5, 0.6) is 0 Å². The number of rotatable bonds is 3. The summed E-state index contributed by atoms with van der Waals surface area (Å²) in [6, 6.07) is 8.14. The highest BCUT2D eigenvalue weighted by Crippen LogP contribution is 2.32. The molecule has 0 spiro atoms. The summed E-state index contributed by atoms with van der Waals surface area (Å²) < 4.78 is 0. The first-order chi connectivity index (χ1) is 8.57. The molecule has 1 aromatic carbocycles. The van der Waals surface area contributed by atoms with E-state index in [2.05, 4.69) is 5.32 Å². The third-order valence-corrected chi connectivity index (χ3v) is 3.22. The minimum atomic E-state index is -1.13. The molecule has 18 heavy (non-hydrogen) atoms. The van der Waals surface area contributed by atoms with Crippen molar-refractivity contribution < 1.29 is 14.7 Å². The zero-order valence-electron chi connectivity index (χ0n) is 9.64. The highest BCUT2D eigenvalue weighted by molar-refractivity contribution is 5.98. The second-order valence-electron chi connectivity index (χ2n) is 4.39. The zero-order valence-corrected chi connectivity index (χ0v) is 9.64. The fourth-order valence-electron chi connectivity index (χ4n) is 1.94. The molecule has 1 saturated carbocycles. The Morgan fingerprint density at radius 1 is 1.39 bits per heavy atom. The Hall–Kier alpha value is -2.35. The molecule has 2 rings (SSSR count). The van der Waals surface area contributed by atoms with Gasteiger partial charge < -0.3 is 10.4 Å². The Morgan fingerprint density at radius 2 is 2.11 bits per heavy atom. The summed E-state index contributed by atoms with van der Waals surface area (Å²) in [6.45, 7) is 0. The van der Waals surface area contributed by atoms with E-state index in [4.69, 9.17) is 10.4 Å². The molecular formula is C13H12N2O3. The molecule has 0 atom stereocenters. The van der Waals surface area contributed by atoms with Crippen LogP contribution in [0.3, 0.4) is 0 Å². The third-order valence-electron chi connectivity index (χ3n) is 3.22. The molecule has 1 fully saturated rings. The van der Waals surface area contributed by atoms with Gasteiger partial charge in [-0.25, -0.2) is 4.79 Å². The number of hydrogen-bond donors (Lipinski definition) is 2. The highest BCUT2D eigenvalue weighted by atomic mass is 16.4. The molecule has 5 nitrogen and oxygen atoms in total. The van der Waals surface area contributed by atoms with E-state index in [0.29, 0.717) is 24.0 Å². The van der Waals surface area contributed by atoms with Gasteiger partial charge in [0.2, 0.25) is 0 Å². The maximum atomic E-state index is 11.9. The van der Waals surface area contributed by atoms with Crippen molar-refractivity contribution in [1.82, 2.24) is 5.32 Å². The summed E-state index contributed by atoms with van der Waals surface area (Å²) in [4.78, 5) is 23.1. The van der Waals surface area contributed by atoms with Gasteiger partial charge in [-0.05, 0) is 37.5 Å². The lowest BCUT2D eigenvalue weighted by Gasteiger charge is -2.38. The first-order valence-corrected chi connectivity index (χ1v) is 5.63. The van der Waals surface area contributed by atoms with Crippen LogP contribution in [0.25, 0.3) is 0 Å². The summed E-state index contributed by atoms with van der Waals surface area (Å²) in [7, 11) is 0. The smallest absolute Gasteiger partial charge is 0.329 e. The summed E-state index contributed by atoms with van der Waals surface area (Å²) in [5, 5.41) is 20.4. The molecule has 0 aromatic heterocycles. The molecule has 0 unspecified atom stereocenters. The average molecular weight is 244 g/mol. The summed E-state index contributed by atoms with van der Waals surface area (Å²) in [6.07, 6.45) is 1.70. The second kappa shape index (κ2) is 4.49. The summed E-state index contributed by atoms with van der Waals surface area (Å²) >= 11 is 0. The van der Waals surface area contributed by atoms with Crippen LogP contribution in [0.4, 0.5) is 0 Å². The molecule has 5 heteroatoms. The first kappa shape index (κ1) is 12.1. The number of carboxylic acid groups (broad SMARTS) is 1. The van der Waals surface area contributed by atoms with Crippen LogP contribution in [0.15, 0.2) is 24.3 Å². The van der Waals surface area contributed by atoms with Crippen molar-refractivity contribution in [3.8, 4) is 6.07 Å². The van der Waals surface area contributed by atoms with Crippen molar-refractivity contribution in [1.29, 1.82) is 5.26 Å². The molecule has 0 saturated heterocycles. The van der Waals surface area contributed by atoms with E-state index >= 15 is 0 Å². The summed E-state index contributed by atoms with van der Waals surface area (Å²) in [5.41, 5.74) is -0.443. The van der Waals surface area contributed by atoms with Gasteiger partial charge in [0.25, 0.3) is 5.91 Å². The number of carbonyl (C=O) groups is 2. The molecule has 0 heterocycles. The van der Waals surface area contributed by atoms with Gasteiger partial charge in [0.1, 0.15) is 5.54 Å². The molecule has 0 bridgehead atoms. The van der Waals surface area contributed by atoms with E-state index in [0.717, 1.165) is 6.42 Å². The lowest BCUT2D eigenvalue weighted by atomic mass is 9.76. The number of amides is 1. The van der Waals surface area contributed by atoms with Gasteiger partial charge in [-0.2, -0.15) is 5.26 Å². The zero-order chi connectivity index (χ0) is 13.2. The van der Waals surface area contributed by atoms with Crippen molar-refractivity contribution in [2.45, 2.75) is 24.8 Å². The van der Waals surface area contributed by atoms with Crippen LogP contribution in [0.2, 0.25) is 0 Å². The first-order valence-electron chi connectivity index (χ1n) is 5.63. The predicted molar refractivity (Wildman–Crippen MR) is 62.8 cm³/mol. The number of benzene rings is 1. The van der Waals surface area contributed by atoms with E-state index < -0.39 is 17.4 Å². The van der Waals surface area contributed by atoms with Crippen LogP contribution in [-0.4, -0.2) is 22.5 Å². The fraction of sp³-hybridized carbons (Fsp3) is 0.308. The monoisotopic (exact) mass is 244 g/mol. The normalized spacial score (nSPS) is 16.2. The van der Waals surface area contributed by atoms with Crippen molar-refractivity contribution in [2.24, 2.45) is 0 Å². The molecule has 1 aliphatic rings. The van der Waals surface area contributed by atoms with Gasteiger partial charge in [-0.15, -0.1) is 0 Å². The quantitative estimate of drug-likeness (QED) is 0.838. The Morgan fingerprint density at radius 3 is 2.61 bits per heavy atom. The lowest BCUT2D eigenvalue weighted by molar-refractivity contribution is -0.148. The molecule has 1 amide bonds. The number of carboxylic acids is 1. The summed E-state index contributed by atoms with van der Waals surface area (Å²) in [5.74, 6) is -1.45. The lowest BCUT2D eigenvalue weighted by Crippen LogP contribution is -2.59. The Labute approximate surface area is 104 Å². The van der Waals surface area contributed by atoms with E-state index in [1.54, 1.807) is 18.2 Å². The topological polar surface area (TPSA) is 90.2 Å². The standard InChI is InChI=1S/C13H12N2O3/c14-8-9-3-1-4-10(7-9)11(16)15-13(12(17)18)5-2-6-13/h1,3-4,7H,2,5-6H2,(H,15,16)(H,17,18). The minimum absolute atomic E-state index is 0.307. The number of carbonyl (C=O) groups excluding carboxylic acids is 1. The van der Waals surface area contributed by atoms with Crippen molar-refractivity contribution in [3.63, 3.8) is 0 Å². The van der Waals surface area contributed by atoms with Crippen molar-refractivity contribution in [3.05, 3.63) is 35.4 Å².